The van der Waals surface area contributed by atoms with Crippen molar-refractivity contribution < 1.29 is 0 Å². The van der Waals surface area contributed by atoms with Crippen LogP contribution in [0.25, 0.3) is 0 Å². The molecule has 0 unspecified atom stereocenters. The van der Waals surface area contributed by atoms with Crippen LogP contribution in [0.5, 0.6) is 0 Å². The van der Waals surface area contributed by atoms with E-state index in [4.69, 9.17) is 17.3 Å². The van der Waals surface area contributed by atoms with E-state index in [1.807, 2.05) is 35.1 Å². The van der Waals surface area contributed by atoms with E-state index in [0.29, 0.717) is 18.2 Å². The van der Waals surface area contributed by atoms with Gasteiger partial charge >= 0.3 is 0 Å². The number of aromatic nitrogens is 4. The molecule has 1 aromatic carbocycles. The molecule has 0 amide bonds. The number of anilines is 3. The number of hydrogen-bond acceptors (Lipinski definition) is 5. The predicted molar refractivity (Wildman–Crippen MR) is 82.5 cm³/mol. The van der Waals surface area contributed by atoms with Crippen molar-refractivity contribution in [1.82, 2.24) is 19.7 Å². The Balaban J connectivity index is 1.73. The molecule has 0 aliphatic rings. The third-order valence-corrected chi connectivity index (χ3v) is 2.99. The van der Waals surface area contributed by atoms with Crippen LogP contribution in [-0.2, 0) is 6.54 Å². The number of hydrogen-bond donors (Lipinski definition) is 2. The minimum absolute atomic E-state index is 0.119. The summed E-state index contributed by atoms with van der Waals surface area (Å²) in [5.74, 6) is 1.30. The molecular formula is C14H13ClN6. The summed E-state index contributed by atoms with van der Waals surface area (Å²) in [5.41, 5.74) is 6.73. The number of nitrogens with zero attached hydrogens (tertiary/aromatic N) is 4. The molecule has 0 aliphatic carbocycles. The van der Waals surface area contributed by atoms with Crippen molar-refractivity contribution in [2.24, 2.45) is 0 Å². The molecule has 0 saturated carbocycles. The highest BCUT2D eigenvalue weighted by atomic mass is 35.5. The van der Waals surface area contributed by atoms with E-state index in [1.54, 1.807) is 6.07 Å². The molecule has 7 heteroatoms. The number of nitrogens with one attached hydrogen (secondary N) is 1. The fourth-order valence-electron chi connectivity index (χ4n) is 1.92. The van der Waals surface area contributed by atoms with Crippen LogP contribution >= 0.6 is 11.6 Å². The summed E-state index contributed by atoms with van der Waals surface area (Å²) < 4.78 is 1.84. The van der Waals surface area contributed by atoms with Gasteiger partial charge in [0.2, 0.25) is 5.95 Å². The summed E-state index contributed by atoms with van der Waals surface area (Å²) in [5, 5.41) is 7.75. The van der Waals surface area contributed by atoms with Crippen LogP contribution < -0.4 is 11.1 Å². The molecule has 0 radical (unpaired) electrons. The molecule has 0 aliphatic heterocycles. The van der Waals surface area contributed by atoms with Crippen LogP contribution in [0.15, 0.2) is 48.7 Å². The Morgan fingerprint density at radius 1 is 1.10 bits per heavy atom. The molecule has 0 bridgehead atoms. The van der Waals surface area contributed by atoms with Gasteiger partial charge in [-0.1, -0.05) is 41.9 Å². The zero-order chi connectivity index (χ0) is 14.7. The second-order valence-corrected chi connectivity index (χ2v) is 4.83. The van der Waals surface area contributed by atoms with Gasteiger partial charge in [-0.3, -0.25) is 4.68 Å². The highest BCUT2D eigenvalue weighted by molar-refractivity contribution is 6.29. The molecule has 21 heavy (non-hydrogen) atoms. The molecule has 0 fully saturated rings. The van der Waals surface area contributed by atoms with Gasteiger partial charge in [0.1, 0.15) is 11.0 Å². The summed E-state index contributed by atoms with van der Waals surface area (Å²) in [7, 11) is 0. The molecule has 0 spiro atoms. The van der Waals surface area contributed by atoms with E-state index in [2.05, 4.69) is 32.5 Å². The van der Waals surface area contributed by atoms with E-state index in [0.717, 1.165) is 0 Å². The average Bonchev–Trinajstić information content (AvgIpc) is 2.86. The standard InChI is InChI=1S/C14H13ClN6/c15-11-8-13(19-14(16)17-11)18-12-6-7-21(20-12)9-10-4-2-1-3-5-10/h1-8H,9H2,(H3,16,17,18,19,20). The van der Waals surface area contributed by atoms with E-state index >= 15 is 0 Å². The smallest absolute Gasteiger partial charge is 0.223 e. The van der Waals surface area contributed by atoms with E-state index < -0.39 is 0 Å². The molecule has 2 heterocycles. The van der Waals surface area contributed by atoms with Gasteiger partial charge in [-0.2, -0.15) is 10.1 Å². The maximum absolute atomic E-state index is 5.83. The van der Waals surface area contributed by atoms with Gasteiger partial charge in [0.25, 0.3) is 0 Å². The molecule has 3 aromatic rings. The van der Waals surface area contributed by atoms with Crippen LogP contribution in [-0.4, -0.2) is 19.7 Å². The largest absolute Gasteiger partial charge is 0.368 e. The lowest BCUT2D eigenvalue weighted by Gasteiger charge is -2.04. The van der Waals surface area contributed by atoms with Gasteiger partial charge in [0.05, 0.1) is 6.54 Å². The molecule has 6 nitrogen and oxygen atoms in total. The first kappa shape index (κ1) is 13.4. The Morgan fingerprint density at radius 2 is 1.90 bits per heavy atom. The lowest BCUT2D eigenvalue weighted by molar-refractivity contribution is 0.689. The number of nitrogens with two attached hydrogens (primary N) is 1. The van der Waals surface area contributed by atoms with Crippen LogP contribution in [0.1, 0.15) is 5.56 Å². The fraction of sp³-hybridized carbons (Fsp3) is 0.0714. The molecule has 3 N–H and O–H groups in total. The summed E-state index contributed by atoms with van der Waals surface area (Å²) in [4.78, 5) is 7.85. The number of rotatable bonds is 4. The van der Waals surface area contributed by atoms with Crippen LogP contribution in [0.3, 0.4) is 0 Å². The third-order valence-electron chi connectivity index (χ3n) is 2.80. The van der Waals surface area contributed by atoms with Gasteiger partial charge in [-0.05, 0) is 5.56 Å². The molecule has 0 saturated heterocycles. The zero-order valence-corrected chi connectivity index (χ0v) is 11.8. The van der Waals surface area contributed by atoms with E-state index in [-0.39, 0.29) is 11.1 Å². The van der Waals surface area contributed by atoms with Gasteiger partial charge in [0.15, 0.2) is 5.82 Å². The second-order valence-electron chi connectivity index (χ2n) is 4.44. The van der Waals surface area contributed by atoms with E-state index in [1.165, 1.54) is 5.56 Å². The van der Waals surface area contributed by atoms with Gasteiger partial charge < -0.3 is 11.1 Å². The molecule has 2 aromatic heterocycles. The lowest BCUT2D eigenvalue weighted by atomic mass is 10.2. The predicted octanol–water partition coefficient (Wildman–Crippen LogP) is 2.70. The zero-order valence-electron chi connectivity index (χ0n) is 11.1. The summed E-state index contributed by atoms with van der Waals surface area (Å²) in [6.07, 6.45) is 1.89. The topological polar surface area (TPSA) is 81.6 Å². The van der Waals surface area contributed by atoms with E-state index in [9.17, 15) is 0 Å². The van der Waals surface area contributed by atoms with Crippen LogP contribution in [0.4, 0.5) is 17.6 Å². The van der Waals surface area contributed by atoms with Gasteiger partial charge in [-0.15, -0.1) is 0 Å². The van der Waals surface area contributed by atoms with Crippen molar-refractivity contribution in [3.63, 3.8) is 0 Å². The maximum atomic E-state index is 5.83. The Labute approximate surface area is 126 Å². The highest BCUT2D eigenvalue weighted by Gasteiger charge is 2.04. The Kier molecular flexibility index (Phi) is 3.70. The van der Waals surface area contributed by atoms with Gasteiger partial charge in [0, 0.05) is 18.3 Å². The Hall–Kier alpha value is -2.60. The summed E-state index contributed by atoms with van der Waals surface area (Å²) >= 11 is 5.83. The Morgan fingerprint density at radius 3 is 2.67 bits per heavy atom. The van der Waals surface area contributed by atoms with Crippen molar-refractivity contribution in [2.45, 2.75) is 6.54 Å². The first-order chi connectivity index (χ1) is 10.2. The van der Waals surface area contributed by atoms with Crippen molar-refractivity contribution in [3.8, 4) is 0 Å². The normalized spacial score (nSPS) is 10.5. The molecular weight excluding hydrogens is 288 g/mol. The first-order valence-corrected chi connectivity index (χ1v) is 6.71. The monoisotopic (exact) mass is 300 g/mol. The minimum Gasteiger partial charge on any atom is -0.368 e. The van der Waals surface area contributed by atoms with Crippen LogP contribution in [0, 0.1) is 0 Å². The fourth-order valence-corrected chi connectivity index (χ4v) is 2.11. The lowest BCUT2D eigenvalue weighted by Crippen LogP contribution is -2.03. The molecule has 3 rings (SSSR count). The quantitative estimate of drug-likeness (QED) is 0.724. The third kappa shape index (κ3) is 3.49. The van der Waals surface area contributed by atoms with Crippen molar-refractivity contribution in [3.05, 3.63) is 59.4 Å². The number of benzene rings is 1. The van der Waals surface area contributed by atoms with Crippen molar-refractivity contribution >= 4 is 29.2 Å². The Bertz CT molecular complexity index is 720. The molecule has 106 valence electrons. The summed E-state index contributed by atoms with van der Waals surface area (Å²) in [6.45, 7) is 0.704. The molecule has 0 atom stereocenters. The number of nitrogen functional groups attached to an aromatic ring is 1. The van der Waals surface area contributed by atoms with Gasteiger partial charge in [-0.25, -0.2) is 4.98 Å². The second kappa shape index (κ2) is 5.80. The van der Waals surface area contributed by atoms with Crippen LogP contribution in [0.2, 0.25) is 5.15 Å². The minimum atomic E-state index is 0.119. The summed E-state index contributed by atoms with van der Waals surface area (Å²) in [6, 6.07) is 13.6. The SMILES string of the molecule is Nc1nc(Cl)cc(Nc2ccn(Cc3ccccc3)n2)n1. The van der Waals surface area contributed by atoms with Crippen molar-refractivity contribution in [2.75, 3.05) is 11.1 Å². The maximum Gasteiger partial charge on any atom is 0.223 e. The highest BCUT2D eigenvalue weighted by Crippen LogP contribution is 2.17. The average molecular weight is 301 g/mol. The van der Waals surface area contributed by atoms with Crippen molar-refractivity contribution in [1.29, 1.82) is 0 Å². The number of halogens is 1. The first-order valence-electron chi connectivity index (χ1n) is 6.33.